The number of hydrogen-bond acceptors (Lipinski definition) is 6. The highest BCUT2D eigenvalue weighted by Crippen LogP contribution is 2.21. The van der Waals surface area contributed by atoms with Gasteiger partial charge < -0.3 is 36.6 Å². The number of ether oxygens (including phenoxy) is 1. The summed E-state index contributed by atoms with van der Waals surface area (Å²) >= 11 is 0. The number of nitrogens with zero attached hydrogens (tertiary/aromatic N) is 1. The number of amides is 6. The van der Waals surface area contributed by atoms with Gasteiger partial charge in [-0.2, -0.15) is 0 Å². The van der Waals surface area contributed by atoms with Crippen LogP contribution in [-0.2, 0) is 19.2 Å². The van der Waals surface area contributed by atoms with Gasteiger partial charge in [0.1, 0.15) is 17.8 Å². The van der Waals surface area contributed by atoms with Gasteiger partial charge >= 0.3 is 6.03 Å². The molecule has 0 radical (unpaired) electrons. The molecular formula is C28H40N6O6. The number of hydrogen-bond donors (Lipinski definition) is 5. The number of nitrogens with one attached hydrogen (secondary N) is 4. The number of rotatable bonds is 12. The van der Waals surface area contributed by atoms with Crippen molar-refractivity contribution in [2.24, 2.45) is 5.73 Å². The molecular weight excluding hydrogens is 516 g/mol. The molecule has 0 saturated carbocycles. The largest absolute Gasteiger partial charge is 0.497 e. The summed E-state index contributed by atoms with van der Waals surface area (Å²) in [5.74, 6) is -1.32. The monoisotopic (exact) mass is 556 g/mol. The van der Waals surface area contributed by atoms with Crippen LogP contribution in [0, 0.1) is 0 Å². The number of nitrogens with two attached hydrogens (primary N) is 1. The highest BCUT2D eigenvalue weighted by atomic mass is 16.5. The molecule has 1 aromatic carbocycles. The van der Waals surface area contributed by atoms with E-state index in [1.807, 2.05) is 0 Å². The van der Waals surface area contributed by atoms with Crippen LogP contribution in [0.5, 0.6) is 5.75 Å². The molecule has 218 valence electrons. The van der Waals surface area contributed by atoms with Gasteiger partial charge in [0, 0.05) is 37.0 Å². The minimum absolute atomic E-state index is 0.101. The summed E-state index contributed by atoms with van der Waals surface area (Å²) in [5.41, 5.74) is 7.65. The molecule has 12 nitrogen and oxygen atoms in total. The quantitative estimate of drug-likeness (QED) is 0.193. The van der Waals surface area contributed by atoms with Crippen LogP contribution in [0.1, 0.15) is 47.0 Å². The van der Waals surface area contributed by atoms with Gasteiger partial charge in [-0.1, -0.05) is 17.2 Å². The van der Waals surface area contributed by atoms with E-state index < -0.39 is 36.0 Å². The van der Waals surface area contributed by atoms with Crippen LogP contribution in [-0.4, -0.2) is 72.9 Å². The average Bonchev–Trinajstić information content (AvgIpc) is 3.28. The molecule has 0 aromatic heterocycles. The molecule has 1 saturated heterocycles. The fourth-order valence-electron chi connectivity index (χ4n) is 4.20. The summed E-state index contributed by atoms with van der Waals surface area (Å²) < 4.78 is 5.17. The Morgan fingerprint density at radius 2 is 1.80 bits per heavy atom. The van der Waals surface area contributed by atoms with Crippen LogP contribution in [0.2, 0.25) is 0 Å². The molecule has 0 bridgehead atoms. The maximum absolute atomic E-state index is 13.3. The molecule has 1 aliphatic heterocycles. The van der Waals surface area contributed by atoms with Crippen molar-refractivity contribution in [2.45, 2.75) is 65.1 Å². The summed E-state index contributed by atoms with van der Waals surface area (Å²) in [6, 6.07) is 3.90. The van der Waals surface area contributed by atoms with Crippen molar-refractivity contribution in [1.82, 2.24) is 20.9 Å². The van der Waals surface area contributed by atoms with Crippen molar-refractivity contribution in [2.75, 3.05) is 25.5 Å². The lowest BCUT2D eigenvalue weighted by atomic mass is 10.1. The van der Waals surface area contributed by atoms with Crippen molar-refractivity contribution in [3.63, 3.8) is 0 Å². The Kier molecular flexibility index (Phi) is 12.2. The Hall–Kier alpha value is -4.35. The lowest BCUT2D eigenvalue weighted by molar-refractivity contribution is -0.136. The van der Waals surface area contributed by atoms with E-state index in [0.29, 0.717) is 24.4 Å². The molecule has 1 heterocycles. The van der Waals surface area contributed by atoms with Crippen LogP contribution < -0.4 is 31.7 Å². The van der Waals surface area contributed by atoms with Gasteiger partial charge in [-0.3, -0.25) is 19.2 Å². The Balaban J connectivity index is 2.05. The molecule has 2 rings (SSSR count). The first-order chi connectivity index (χ1) is 18.9. The topological polar surface area (TPSA) is 172 Å². The van der Waals surface area contributed by atoms with Crippen LogP contribution in [0.15, 0.2) is 47.6 Å². The van der Waals surface area contributed by atoms with Crippen molar-refractivity contribution >= 4 is 35.3 Å². The smallest absolute Gasteiger partial charge is 0.319 e. The van der Waals surface area contributed by atoms with E-state index in [-0.39, 0.29) is 31.2 Å². The molecule has 6 N–H and O–H groups in total. The summed E-state index contributed by atoms with van der Waals surface area (Å²) in [7, 11) is 1.52. The van der Waals surface area contributed by atoms with E-state index >= 15 is 0 Å². The number of carbonyl (C=O) groups excluding carboxylic acids is 5. The van der Waals surface area contributed by atoms with Crippen molar-refractivity contribution in [3.05, 3.63) is 47.6 Å². The second-order valence-electron chi connectivity index (χ2n) is 10.1. The Morgan fingerprint density at radius 3 is 2.42 bits per heavy atom. The highest BCUT2D eigenvalue weighted by Gasteiger charge is 2.40. The fraction of sp³-hybridized carbons (Fsp3) is 0.464. The molecule has 1 fully saturated rings. The summed E-state index contributed by atoms with van der Waals surface area (Å²) in [6.45, 7) is 7.54. The lowest BCUT2D eigenvalue weighted by Crippen LogP contribution is -2.52. The third kappa shape index (κ3) is 10.4. The Bertz CT molecular complexity index is 1160. The molecule has 3 unspecified atom stereocenters. The van der Waals surface area contributed by atoms with E-state index in [0.717, 1.165) is 11.1 Å². The predicted octanol–water partition coefficient (Wildman–Crippen LogP) is 1.59. The molecule has 1 aliphatic rings. The van der Waals surface area contributed by atoms with Gasteiger partial charge in [0.2, 0.25) is 23.6 Å². The number of carbonyl (C=O) groups is 5. The van der Waals surface area contributed by atoms with Crippen LogP contribution in [0.25, 0.3) is 0 Å². The second kappa shape index (κ2) is 15.3. The van der Waals surface area contributed by atoms with Crippen LogP contribution >= 0.6 is 0 Å². The SMILES string of the molecule is COc1cccc(NC(=O)NC2CC(C(=O)NC(CCCNC(=O)C=C(C)C)C(N)=O)N(C(=O)C=C(C)C)C2)c1. The summed E-state index contributed by atoms with van der Waals surface area (Å²) in [4.78, 5) is 64.0. The van der Waals surface area contributed by atoms with Gasteiger partial charge in [0.05, 0.1) is 13.2 Å². The summed E-state index contributed by atoms with van der Waals surface area (Å²) in [6.07, 6.45) is 3.63. The van der Waals surface area contributed by atoms with E-state index in [1.54, 1.807) is 52.0 Å². The third-order valence-corrected chi connectivity index (χ3v) is 6.01. The average molecular weight is 557 g/mol. The third-order valence-electron chi connectivity index (χ3n) is 6.01. The first kappa shape index (κ1) is 31.9. The van der Waals surface area contributed by atoms with E-state index in [9.17, 15) is 24.0 Å². The Morgan fingerprint density at radius 1 is 1.10 bits per heavy atom. The zero-order valence-electron chi connectivity index (χ0n) is 23.7. The zero-order valence-corrected chi connectivity index (χ0v) is 23.7. The molecule has 1 aromatic rings. The maximum atomic E-state index is 13.3. The molecule has 0 spiro atoms. The number of urea groups is 1. The number of likely N-dealkylation sites (tertiary alicyclic amines) is 1. The minimum atomic E-state index is -0.989. The van der Waals surface area contributed by atoms with Crippen LogP contribution in [0.3, 0.4) is 0 Å². The van der Waals surface area contributed by atoms with Gasteiger partial charge in [-0.25, -0.2) is 4.79 Å². The summed E-state index contributed by atoms with van der Waals surface area (Å²) in [5, 5.41) is 10.9. The van der Waals surface area contributed by atoms with Gasteiger partial charge in [-0.05, 0) is 59.1 Å². The van der Waals surface area contributed by atoms with Gasteiger partial charge in [-0.15, -0.1) is 0 Å². The number of anilines is 1. The molecule has 6 amide bonds. The Labute approximate surface area is 234 Å². The van der Waals surface area contributed by atoms with Gasteiger partial charge in [0.15, 0.2) is 0 Å². The number of methoxy groups -OCH3 is 1. The van der Waals surface area contributed by atoms with E-state index in [2.05, 4.69) is 21.3 Å². The fourth-order valence-corrected chi connectivity index (χ4v) is 4.20. The zero-order chi connectivity index (χ0) is 29.8. The van der Waals surface area contributed by atoms with E-state index in [4.69, 9.17) is 10.5 Å². The first-order valence-corrected chi connectivity index (χ1v) is 13.1. The van der Waals surface area contributed by atoms with Crippen molar-refractivity contribution in [1.29, 1.82) is 0 Å². The number of benzene rings is 1. The minimum Gasteiger partial charge on any atom is -0.497 e. The van der Waals surface area contributed by atoms with Gasteiger partial charge in [0.25, 0.3) is 0 Å². The second-order valence-corrected chi connectivity index (χ2v) is 10.1. The maximum Gasteiger partial charge on any atom is 0.319 e. The lowest BCUT2D eigenvalue weighted by Gasteiger charge is -2.25. The van der Waals surface area contributed by atoms with Crippen molar-refractivity contribution < 1.29 is 28.7 Å². The predicted molar refractivity (Wildman–Crippen MR) is 151 cm³/mol. The number of allylic oxidation sites excluding steroid dienone is 2. The van der Waals surface area contributed by atoms with E-state index in [1.165, 1.54) is 24.2 Å². The standard InChI is InChI=1S/C28H40N6O6/c1-17(2)12-24(35)30-11-7-10-22(26(29)37)33-27(38)23-15-20(16-34(23)25(36)13-18(3)4)32-28(39)31-19-8-6-9-21(14-19)40-5/h6,8-9,12-14,20,22-23H,7,10-11,15-16H2,1-5H3,(H2,29,37)(H,30,35)(H,33,38)(H2,31,32,39). The molecule has 3 atom stereocenters. The normalized spacial score (nSPS) is 16.7. The van der Waals surface area contributed by atoms with Crippen molar-refractivity contribution in [3.8, 4) is 5.75 Å². The molecule has 0 aliphatic carbocycles. The molecule has 40 heavy (non-hydrogen) atoms. The first-order valence-electron chi connectivity index (χ1n) is 13.1. The molecule has 12 heteroatoms. The van der Waals surface area contributed by atoms with Crippen LogP contribution in [0.4, 0.5) is 10.5 Å². The highest BCUT2D eigenvalue weighted by molar-refractivity contribution is 5.96. The number of primary amides is 1.